The molecule has 0 saturated carbocycles. The van der Waals surface area contributed by atoms with Crippen molar-refractivity contribution < 1.29 is 32.9 Å². The van der Waals surface area contributed by atoms with Crippen molar-refractivity contribution >= 4 is 23.9 Å². The first kappa shape index (κ1) is 22.7. The van der Waals surface area contributed by atoms with Crippen molar-refractivity contribution in [3.05, 3.63) is 94.9 Å². The summed E-state index contributed by atoms with van der Waals surface area (Å²) in [5, 5.41) is 0. The lowest BCUT2D eigenvalue weighted by molar-refractivity contribution is -0.129. The fourth-order valence-corrected chi connectivity index (χ4v) is 3.16. The summed E-state index contributed by atoms with van der Waals surface area (Å²) in [5.41, 5.74) is 1.50. The molecule has 0 spiro atoms. The molecule has 0 radical (unpaired) electrons. The molecular formula is C26H20FNO6. The summed E-state index contributed by atoms with van der Waals surface area (Å²) in [6.07, 6.45) is 1.55. The van der Waals surface area contributed by atoms with Crippen molar-refractivity contribution in [2.24, 2.45) is 4.99 Å². The number of carbonyl (C=O) groups is 2. The Morgan fingerprint density at radius 1 is 1.06 bits per heavy atom. The highest BCUT2D eigenvalue weighted by Gasteiger charge is 2.24. The van der Waals surface area contributed by atoms with Gasteiger partial charge in [-0.1, -0.05) is 12.1 Å². The van der Waals surface area contributed by atoms with Crippen LogP contribution < -0.4 is 14.2 Å². The number of cyclic esters (lactones) is 1. The van der Waals surface area contributed by atoms with E-state index in [9.17, 15) is 14.0 Å². The topological polar surface area (TPSA) is 83.4 Å². The van der Waals surface area contributed by atoms with Gasteiger partial charge in [0.1, 0.15) is 11.6 Å². The van der Waals surface area contributed by atoms with E-state index in [4.69, 9.17) is 18.9 Å². The number of hydrogen-bond donors (Lipinski definition) is 0. The van der Waals surface area contributed by atoms with Gasteiger partial charge in [0.05, 0.1) is 19.3 Å². The molecule has 0 aromatic heterocycles. The molecule has 34 heavy (non-hydrogen) atoms. The summed E-state index contributed by atoms with van der Waals surface area (Å²) in [5.74, 6) is -0.428. The average molecular weight is 461 g/mol. The molecule has 0 unspecified atom stereocenters. The Morgan fingerprint density at radius 3 is 2.59 bits per heavy atom. The summed E-state index contributed by atoms with van der Waals surface area (Å²) >= 11 is 0. The minimum absolute atomic E-state index is 0.108. The van der Waals surface area contributed by atoms with Crippen LogP contribution in [0.15, 0.2) is 77.4 Å². The van der Waals surface area contributed by atoms with Gasteiger partial charge >= 0.3 is 11.9 Å². The second kappa shape index (κ2) is 9.99. The quantitative estimate of drug-likeness (QED) is 0.286. The van der Waals surface area contributed by atoms with Gasteiger partial charge < -0.3 is 18.9 Å². The van der Waals surface area contributed by atoms with Crippen molar-refractivity contribution in [3.8, 4) is 17.2 Å². The summed E-state index contributed by atoms with van der Waals surface area (Å²) < 4.78 is 34.6. The Bertz CT molecular complexity index is 1300. The van der Waals surface area contributed by atoms with Gasteiger partial charge in [-0.2, -0.15) is 0 Å². The minimum Gasteiger partial charge on any atom is -0.497 e. The summed E-state index contributed by atoms with van der Waals surface area (Å²) in [7, 11) is 1.55. The standard InChI is InChI=1S/C26H20FNO6/c1-3-32-23-14-16(7-12-22(23)33-25(29)17-8-10-19(27)11-9-17)13-21-26(30)34-24(28-21)18-5-4-6-20(15-18)31-2/h4-15H,3H2,1-2H3/b21-13+. The molecule has 4 rings (SSSR count). The molecule has 0 saturated heterocycles. The smallest absolute Gasteiger partial charge is 0.363 e. The number of hydrogen-bond acceptors (Lipinski definition) is 7. The predicted molar refractivity (Wildman–Crippen MR) is 123 cm³/mol. The second-order valence-electron chi connectivity index (χ2n) is 7.10. The molecule has 3 aromatic carbocycles. The molecule has 8 heteroatoms. The van der Waals surface area contributed by atoms with Crippen LogP contribution in [0.3, 0.4) is 0 Å². The first-order chi connectivity index (χ1) is 16.5. The van der Waals surface area contributed by atoms with Crippen molar-refractivity contribution in [1.82, 2.24) is 0 Å². The van der Waals surface area contributed by atoms with Crippen LogP contribution in [0.4, 0.5) is 4.39 Å². The summed E-state index contributed by atoms with van der Waals surface area (Å²) in [4.78, 5) is 29.1. The fourth-order valence-electron chi connectivity index (χ4n) is 3.16. The first-order valence-electron chi connectivity index (χ1n) is 10.4. The van der Waals surface area contributed by atoms with E-state index in [0.717, 1.165) is 0 Å². The molecule has 7 nitrogen and oxygen atoms in total. The Hall–Kier alpha value is -4.46. The molecule has 0 amide bonds. The summed E-state index contributed by atoms with van der Waals surface area (Å²) in [6, 6.07) is 16.9. The number of halogens is 1. The van der Waals surface area contributed by atoms with Crippen LogP contribution in [0.1, 0.15) is 28.4 Å². The Morgan fingerprint density at radius 2 is 1.85 bits per heavy atom. The third-order valence-electron chi connectivity index (χ3n) is 4.79. The second-order valence-corrected chi connectivity index (χ2v) is 7.10. The highest BCUT2D eigenvalue weighted by molar-refractivity contribution is 6.13. The number of aliphatic imine (C=N–C) groups is 1. The normalized spacial score (nSPS) is 13.9. The zero-order chi connectivity index (χ0) is 24.1. The van der Waals surface area contributed by atoms with E-state index < -0.39 is 17.8 Å². The van der Waals surface area contributed by atoms with Gasteiger partial charge in [-0.3, -0.25) is 0 Å². The van der Waals surface area contributed by atoms with Gasteiger partial charge in [0, 0.05) is 5.56 Å². The zero-order valence-electron chi connectivity index (χ0n) is 18.4. The molecule has 1 aliphatic heterocycles. The van der Waals surface area contributed by atoms with E-state index in [1.165, 1.54) is 24.3 Å². The third kappa shape index (κ3) is 5.12. The first-order valence-corrected chi connectivity index (χ1v) is 10.4. The monoisotopic (exact) mass is 461 g/mol. The van der Waals surface area contributed by atoms with Gasteiger partial charge in [-0.15, -0.1) is 0 Å². The summed E-state index contributed by atoms with van der Waals surface area (Å²) in [6.45, 7) is 2.11. The van der Waals surface area contributed by atoms with Gasteiger partial charge in [-0.25, -0.2) is 19.0 Å². The molecule has 1 aliphatic rings. The average Bonchev–Trinajstić information content (AvgIpc) is 3.21. The molecule has 0 N–H and O–H groups in total. The largest absolute Gasteiger partial charge is 0.497 e. The van der Waals surface area contributed by atoms with Crippen molar-refractivity contribution in [3.63, 3.8) is 0 Å². The molecule has 0 bridgehead atoms. The Labute approximate surface area is 195 Å². The van der Waals surface area contributed by atoms with Gasteiger partial charge in [-0.05, 0) is 73.2 Å². The fraction of sp³-hybridized carbons (Fsp3) is 0.115. The number of rotatable bonds is 7. The van der Waals surface area contributed by atoms with E-state index in [-0.39, 0.29) is 22.9 Å². The molecule has 172 valence electrons. The lowest BCUT2D eigenvalue weighted by Gasteiger charge is -2.11. The van der Waals surface area contributed by atoms with Crippen molar-refractivity contribution in [2.45, 2.75) is 6.92 Å². The highest BCUT2D eigenvalue weighted by Crippen LogP contribution is 2.31. The minimum atomic E-state index is -0.654. The number of benzene rings is 3. The Kier molecular flexibility index (Phi) is 6.68. The molecule has 0 fully saturated rings. The number of ether oxygens (including phenoxy) is 4. The van der Waals surface area contributed by atoms with Crippen LogP contribution in [-0.4, -0.2) is 31.6 Å². The SMILES string of the molecule is CCOc1cc(/C=C2/N=C(c3cccc(OC)c3)OC2=O)ccc1OC(=O)c1ccc(F)cc1. The van der Waals surface area contributed by atoms with Gasteiger partial charge in [0.25, 0.3) is 0 Å². The van der Waals surface area contributed by atoms with Gasteiger partial charge in [0.2, 0.25) is 5.90 Å². The van der Waals surface area contributed by atoms with E-state index >= 15 is 0 Å². The van der Waals surface area contributed by atoms with Crippen LogP contribution in [0.25, 0.3) is 6.08 Å². The van der Waals surface area contributed by atoms with Crippen molar-refractivity contribution in [2.75, 3.05) is 13.7 Å². The van der Waals surface area contributed by atoms with E-state index in [0.29, 0.717) is 29.2 Å². The third-order valence-corrected chi connectivity index (χ3v) is 4.79. The van der Waals surface area contributed by atoms with E-state index in [1.807, 2.05) is 0 Å². The molecule has 0 atom stereocenters. The zero-order valence-corrected chi connectivity index (χ0v) is 18.4. The van der Waals surface area contributed by atoms with Crippen LogP contribution >= 0.6 is 0 Å². The number of methoxy groups -OCH3 is 1. The van der Waals surface area contributed by atoms with Crippen LogP contribution in [-0.2, 0) is 9.53 Å². The van der Waals surface area contributed by atoms with Crippen LogP contribution in [0.2, 0.25) is 0 Å². The lowest BCUT2D eigenvalue weighted by Crippen LogP contribution is -2.09. The van der Waals surface area contributed by atoms with Crippen LogP contribution in [0, 0.1) is 5.82 Å². The number of carbonyl (C=O) groups excluding carboxylic acids is 2. The predicted octanol–water partition coefficient (Wildman–Crippen LogP) is 4.80. The molecular weight excluding hydrogens is 441 g/mol. The lowest BCUT2D eigenvalue weighted by atomic mass is 10.1. The maximum Gasteiger partial charge on any atom is 0.363 e. The molecule has 3 aromatic rings. The highest BCUT2D eigenvalue weighted by atomic mass is 19.1. The molecule has 1 heterocycles. The van der Waals surface area contributed by atoms with E-state index in [2.05, 4.69) is 4.99 Å². The number of esters is 2. The van der Waals surface area contributed by atoms with Crippen LogP contribution in [0.5, 0.6) is 17.2 Å². The maximum absolute atomic E-state index is 13.1. The molecule has 0 aliphatic carbocycles. The van der Waals surface area contributed by atoms with E-state index in [1.54, 1.807) is 62.6 Å². The Balaban J connectivity index is 1.59. The maximum atomic E-state index is 13.1. The van der Waals surface area contributed by atoms with Crippen molar-refractivity contribution in [1.29, 1.82) is 0 Å². The number of nitrogens with zero attached hydrogens (tertiary/aromatic N) is 1. The van der Waals surface area contributed by atoms with Gasteiger partial charge in [0.15, 0.2) is 17.2 Å².